The second-order valence-electron chi connectivity index (χ2n) is 8.16. The monoisotopic (exact) mass is 468 g/mol. The van der Waals surface area contributed by atoms with Crippen LogP contribution in [0.5, 0.6) is 0 Å². The predicted octanol–water partition coefficient (Wildman–Crippen LogP) is 8.86. The molecule has 5 rings (SSSR count). The van der Waals surface area contributed by atoms with Gasteiger partial charge in [0.1, 0.15) is 0 Å². The van der Waals surface area contributed by atoms with E-state index < -0.39 is 0 Å². The molecule has 0 aromatic heterocycles. The van der Waals surface area contributed by atoms with E-state index in [9.17, 15) is 0 Å². The molecule has 0 nitrogen and oxygen atoms in total. The fourth-order valence-electron chi connectivity index (χ4n) is 3.77. The van der Waals surface area contributed by atoms with Crippen LogP contribution in [0.1, 0.15) is 56.2 Å². The fraction of sp³-hybridized carbons (Fsp3) is 0.219. The second kappa shape index (κ2) is 16.1. The number of rotatable bonds is 0. The summed E-state index contributed by atoms with van der Waals surface area (Å²) in [6.07, 6.45) is 8.95. The van der Waals surface area contributed by atoms with E-state index in [0.29, 0.717) is 5.92 Å². The van der Waals surface area contributed by atoms with Crippen molar-refractivity contribution in [3.05, 3.63) is 151 Å². The zero-order valence-electron chi connectivity index (χ0n) is 20.2. The molecule has 0 bridgehead atoms. The molecule has 0 saturated carbocycles. The van der Waals surface area contributed by atoms with Crippen molar-refractivity contribution >= 4 is 0 Å². The Morgan fingerprint density at radius 2 is 1.00 bits per heavy atom. The van der Waals surface area contributed by atoms with Gasteiger partial charge in [-0.15, -0.1) is 36.4 Å². The summed E-state index contributed by atoms with van der Waals surface area (Å²) in [5.74, 6) is 0.630. The van der Waals surface area contributed by atoms with E-state index >= 15 is 0 Å². The summed E-state index contributed by atoms with van der Waals surface area (Å²) >= 11 is 0. The molecule has 3 aromatic carbocycles. The van der Waals surface area contributed by atoms with Gasteiger partial charge < -0.3 is 0 Å². The van der Waals surface area contributed by atoms with Gasteiger partial charge in [0.25, 0.3) is 0 Å². The summed E-state index contributed by atoms with van der Waals surface area (Å²) in [5.41, 5.74) is 7.98. The molecule has 0 spiro atoms. The van der Waals surface area contributed by atoms with E-state index in [-0.39, 0.29) is 21.7 Å². The van der Waals surface area contributed by atoms with Gasteiger partial charge in [0.15, 0.2) is 0 Å². The SMILES string of the molecule is CC1=[C-]C(C)C2=C1CCCC2.[CH2-]c1ccccc1.[CH2-]c1ccccc1.[CH2-]c1ccccc1.[Ti+4]. The summed E-state index contributed by atoms with van der Waals surface area (Å²) in [6.45, 7) is 15.6. The first-order valence-corrected chi connectivity index (χ1v) is 11.4. The minimum Gasteiger partial charge on any atom is -0.266 e. The van der Waals surface area contributed by atoms with Crippen LogP contribution in [0.2, 0.25) is 0 Å². The molecular weight excluding hydrogens is 432 g/mol. The summed E-state index contributed by atoms with van der Waals surface area (Å²) in [4.78, 5) is 0. The Balaban J connectivity index is 0.000000223. The third-order valence-corrected chi connectivity index (χ3v) is 5.45. The van der Waals surface area contributed by atoms with Crippen molar-refractivity contribution in [1.82, 2.24) is 0 Å². The van der Waals surface area contributed by atoms with Crippen molar-refractivity contribution in [2.75, 3.05) is 0 Å². The van der Waals surface area contributed by atoms with Gasteiger partial charge in [-0.05, 0) is 6.42 Å². The second-order valence-corrected chi connectivity index (χ2v) is 8.16. The molecule has 168 valence electrons. The molecule has 2 aliphatic carbocycles. The van der Waals surface area contributed by atoms with E-state index in [2.05, 4.69) is 40.7 Å². The quantitative estimate of drug-likeness (QED) is 0.228. The van der Waals surface area contributed by atoms with Crippen molar-refractivity contribution < 1.29 is 21.7 Å². The summed E-state index contributed by atoms with van der Waals surface area (Å²) in [7, 11) is 0. The molecule has 0 N–H and O–H groups in total. The van der Waals surface area contributed by atoms with E-state index in [0.717, 1.165) is 16.7 Å². The Morgan fingerprint density at radius 1 is 0.636 bits per heavy atom. The number of hydrogen-bond donors (Lipinski definition) is 0. The minimum atomic E-state index is 0. The van der Waals surface area contributed by atoms with E-state index in [4.69, 9.17) is 0 Å². The van der Waals surface area contributed by atoms with Crippen molar-refractivity contribution in [2.24, 2.45) is 5.92 Å². The van der Waals surface area contributed by atoms with Crippen LogP contribution in [-0.4, -0.2) is 0 Å². The van der Waals surface area contributed by atoms with Gasteiger partial charge in [-0.1, -0.05) is 57.2 Å². The van der Waals surface area contributed by atoms with Crippen LogP contribution in [0.25, 0.3) is 0 Å². The molecule has 0 aliphatic heterocycles. The van der Waals surface area contributed by atoms with Crippen molar-refractivity contribution in [1.29, 1.82) is 0 Å². The Hall–Kier alpha value is -2.54. The van der Waals surface area contributed by atoms with Crippen LogP contribution in [0.3, 0.4) is 0 Å². The van der Waals surface area contributed by atoms with Crippen LogP contribution in [-0.2, 0) is 21.7 Å². The molecule has 0 amide bonds. The molecule has 0 saturated heterocycles. The molecule has 1 unspecified atom stereocenters. The number of hydrogen-bond acceptors (Lipinski definition) is 0. The first-order chi connectivity index (χ1) is 15.5. The molecule has 1 heteroatoms. The molecule has 0 heterocycles. The maximum Gasteiger partial charge on any atom is 4.00 e. The van der Waals surface area contributed by atoms with E-state index in [1.165, 1.54) is 31.3 Å². The van der Waals surface area contributed by atoms with E-state index in [1.807, 2.05) is 91.0 Å². The Morgan fingerprint density at radius 3 is 1.30 bits per heavy atom. The molecular formula is C32H36Ti. The number of benzene rings is 3. The van der Waals surface area contributed by atoms with Crippen molar-refractivity contribution in [3.8, 4) is 0 Å². The van der Waals surface area contributed by atoms with Gasteiger partial charge in [0.2, 0.25) is 0 Å². The largest absolute Gasteiger partial charge is 4.00 e. The van der Waals surface area contributed by atoms with Gasteiger partial charge in [0, 0.05) is 0 Å². The van der Waals surface area contributed by atoms with E-state index in [1.54, 1.807) is 11.1 Å². The molecule has 0 radical (unpaired) electrons. The zero-order valence-corrected chi connectivity index (χ0v) is 21.7. The van der Waals surface area contributed by atoms with Crippen LogP contribution >= 0.6 is 0 Å². The Labute approximate surface area is 217 Å². The minimum absolute atomic E-state index is 0. The third-order valence-electron chi connectivity index (χ3n) is 5.45. The van der Waals surface area contributed by atoms with Crippen LogP contribution in [0.15, 0.2) is 108 Å². The zero-order chi connectivity index (χ0) is 23.2. The summed E-state index contributed by atoms with van der Waals surface area (Å²) in [5, 5.41) is 0. The van der Waals surface area contributed by atoms with Crippen LogP contribution < -0.4 is 0 Å². The van der Waals surface area contributed by atoms with Crippen LogP contribution in [0.4, 0.5) is 0 Å². The average molecular weight is 469 g/mol. The van der Waals surface area contributed by atoms with Gasteiger partial charge in [-0.2, -0.15) is 85.0 Å². The molecule has 1 atom stereocenters. The predicted molar refractivity (Wildman–Crippen MR) is 140 cm³/mol. The molecule has 33 heavy (non-hydrogen) atoms. The van der Waals surface area contributed by atoms with Gasteiger partial charge in [-0.25, -0.2) is 5.57 Å². The smallest absolute Gasteiger partial charge is 0.266 e. The molecule has 3 aromatic rings. The average Bonchev–Trinajstić information content (AvgIpc) is 3.11. The molecule has 2 aliphatic rings. The Bertz CT molecular complexity index is 864. The topological polar surface area (TPSA) is 0 Å². The van der Waals surface area contributed by atoms with Gasteiger partial charge in [0.05, 0.1) is 0 Å². The summed E-state index contributed by atoms with van der Waals surface area (Å²) < 4.78 is 0. The van der Waals surface area contributed by atoms with Gasteiger partial charge in [-0.3, -0.25) is 6.08 Å². The Kier molecular flexibility index (Phi) is 13.9. The maximum atomic E-state index is 3.72. The normalized spacial score (nSPS) is 15.6. The van der Waals surface area contributed by atoms with Crippen molar-refractivity contribution in [2.45, 2.75) is 39.5 Å². The number of allylic oxidation sites excluding steroid dienone is 4. The van der Waals surface area contributed by atoms with Crippen molar-refractivity contribution in [3.63, 3.8) is 0 Å². The molecule has 0 fully saturated rings. The standard InChI is InChI=1S/C11H15.3C7H7.Ti/c1-8-7-9(2)11-6-4-3-5-10(8)11;3*1-7-5-3-2-4-6-7;/h8H,3-6H2,1-2H3;3*2-6H,1H2;/q4*-1;+4. The third kappa shape index (κ3) is 11.2. The summed E-state index contributed by atoms with van der Waals surface area (Å²) in [6, 6.07) is 29.6. The van der Waals surface area contributed by atoms with Crippen LogP contribution in [0, 0.1) is 32.8 Å². The first-order valence-electron chi connectivity index (χ1n) is 11.4. The fourth-order valence-corrected chi connectivity index (χ4v) is 3.77. The first kappa shape index (κ1) is 28.5. The van der Waals surface area contributed by atoms with Gasteiger partial charge >= 0.3 is 21.7 Å². The maximum absolute atomic E-state index is 3.72.